The zero-order chi connectivity index (χ0) is 10.7. The van der Waals surface area contributed by atoms with Gasteiger partial charge in [0.15, 0.2) is 0 Å². The summed E-state index contributed by atoms with van der Waals surface area (Å²) >= 11 is 0. The summed E-state index contributed by atoms with van der Waals surface area (Å²) < 4.78 is 14.3. The van der Waals surface area contributed by atoms with Crippen LogP contribution in [0.25, 0.3) is 0 Å². The number of nitrogens with zero attached hydrogens (tertiary/aromatic N) is 1. The Hall–Kier alpha value is -0.960. The maximum absolute atomic E-state index is 14.3. The molecule has 0 unspecified atom stereocenters. The first-order valence-electron chi connectivity index (χ1n) is 5.49. The van der Waals surface area contributed by atoms with Gasteiger partial charge in [-0.15, -0.1) is 0 Å². The third-order valence-electron chi connectivity index (χ3n) is 2.99. The van der Waals surface area contributed by atoms with Gasteiger partial charge in [0, 0.05) is 18.3 Å². The van der Waals surface area contributed by atoms with Crippen molar-refractivity contribution in [1.82, 2.24) is 10.3 Å². The van der Waals surface area contributed by atoms with Crippen molar-refractivity contribution in [3.63, 3.8) is 0 Å². The van der Waals surface area contributed by atoms with Gasteiger partial charge >= 0.3 is 0 Å². The molecule has 2 heterocycles. The van der Waals surface area contributed by atoms with Crippen molar-refractivity contribution in [1.29, 1.82) is 0 Å². The van der Waals surface area contributed by atoms with Crippen LogP contribution in [0.4, 0.5) is 4.39 Å². The Morgan fingerprint density at radius 3 is 2.73 bits per heavy atom. The summed E-state index contributed by atoms with van der Waals surface area (Å²) in [6.45, 7) is 3.52. The highest BCUT2D eigenvalue weighted by Gasteiger charge is 2.31. The first kappa shape index (κ1) is 10.6. The molecule has 1 aromatic heterocycles. The molecule has 15 heavy (non-hydrogen) atoms. The molecule has 2 rings (SSSR count). The summed E-state index contributed by atoms with van der Waals surface area (Å²) in [7, 11) is 0. The fourth-order valence-electron chi connectivity index (χ4n) is 2.02. The number of aryl methyl sites for hydroxylation is 1. The summed E-state index contributed by atoms with van der Waals surface area (Å²) in [5, 5.41) is 3.18. The topological polar surface area (TPSA) is 24.9 Å². The van der Waals surface area contributed by atoms with E-state index in [0.717, 1.165) is 24.3 Å². The van der Waals surface area contributed by atoms with Crippen LogP contribution >= 0.6 is 0 Å². The molecule has 0 atom stereocenters. The molecule has 82 valence electrons. The normalized spacial score (nSPS) is 20.1. The minimum absolute atomic E-state index is 0.502. The Balaban J connectivity index is 2.03. The Kier molecular flexibility index (Phi) is 3.00. The second-order valence-corrected chi connectivity index (χ2v) is 4.39. The van der Waals surface area contributed by atoms with Gasteiger partial charge < -0.3 is 5.32 Å². The number of hydrogen-bond acceptors (Lipinski definition) is 2. The van der Waals surface area contributed by atoms with Crippen molar-refractivity contribution in [2.24, 2.45) is 0 Å². The molecule has 0 bridgehead atoms. The lowest BCUT2D eigenvalue weighted by molar-refractivity contribution is 0.116. The van der Waals surface area contributed by atoms with E-state index in [1.807, 2.05) is 19.1 Å². The van der Waals surface area contributed by atoms with E-state index >= 15 is 0 Å². The predicted molar refractivity (Wildman–Crippen MR) is 58.6 cm³/mol. The molecule has 0 aliphatic carbocycles. The first-order chi connectivity index (χ1) is 7.18. The lowest BCUT2D eigenvalue weighted by atomic mass is 9.88. The van der Waals surface area contributed by atoms with Crippen molar-refractivity contribution >= 4 is 0 Å². The predicted octanol–water partition coefficient (Wildman–Crippen LogP) is 2.02. The molecule has 0 saturated carbocycles. The van der Waals surface area contributed by atoms with E-state index in [0.29, 0.717) is 19.3 Å². The second kappa shape index (κ2) is 4.27. The lowest BCUT2D eigenvalue weighted by Gasteiger charge is -2.30. The van der Waals surface area contributed by atoms with Crippen LogP contribution in [-0.2, 0) is 6.42 Å². The number of piperidine rings is 1. The maximum atomic E-state index is 14.3. The summed E-state index contributed by atoms with van der Waals surface area (Å²) in [4.78, 5) is 4.19. The van der Waals surface area contributed by atoms with E-state index in [9.17, 15) is 4.39 Å². The average molecular weight is 208 g/mol. The van der Waals surface area contributed by atoms with Crippen molar-refractivity contribution in [2.45, 2.75) is 31.9 Å². The molecule has 1 aromatic rings. The van der Waals surface area contributed by atoms with E-state index in [-0.39, 0.29) is 0 Å². The van der Waals surface area contributed by atoms with E-state index < -0.39 is 5.67 Å². The van der Waals surface area contributed by atoms with Crippen LogP contribution in [0.15, 0.2) is 18.3 Å². The Labute approximate surface area is 89.9 Å². The zero-order valence-corrected chi connectivity index (χ0v) is 9.09. The Morgan fingerprint density at radius 2 is 2.13 bits per heavy atom. The van der Waals surface area contributed by atoms with Gasteiger partial charge in [-0.2, -0.15) is 0 Å². The van der Waals surface area contributed by atoms with Crippen LogP contribution in [-0.4, -0.2) is 23.7 Å². The molecule has 1 aliphatic rings. The van der Waals surface area contributed by atoms with Crippen LogP contribution in [0.1, 0.15) is 24.1 Å². The van der Waals surface area contributed by atoms with Crippen LogP contribution in [0.5, 0.6) is 0 Å². The van der Waals surface area contributed by atoms with Gasteiger partial charge in [0.2, 0.25) is 0 Å². The maximum Gasteiger partial charge on any atom is 0.117 e. The van der Waals surface area contributed by atoms with Gasteiger partial charge in [0.05, 0.1) is 0 Å². The minimum atomic E-state index is -1.03. The molecule has 3 heteroatoms. The summed E-state index contributed by atoms with van der Waals surface area (Å²) in [5.74, 6) is 0. The quantitative estimate of drug-likeness (QED) is 0.804. The highest BCUT2D eigenvalue weighted by Crippen LogP contribution is 2.27. The molecular formula is C12H17FN2. The van der Waals surface area contributed by atoms with Crippen LogP contribution in [0.2, 0.25) is 0 Å². The summed E-state index contributed by atoms with van der Waals surface area (Å²) in [5.41, 5.74) is 0.962. The third kappa shape index (κ3) is 2.75. The molecule has 0 radical (unpaired) electrons. The van der Waals surface area contributed by atoms with E-state index in [1.165, 1.54) is 0 Å². The van der Waals surface area contributed by atoms with E-state index in [2.05, 4.69) is 10.3 Å². The van der Waals surface area contributed by atoms with Gasteiger partial charge in [-0.1, -0.05) is 6.07 Å². The van der Waals surface area contributed by atoms with Gasteiger partial charge in [-0.05, 0) is 44.5 Å². The van der Waals surface area contributed by atoms with Crippen LogP contribution in [0, 0.1) is 6.92 Å². The molecular weight excluding hydrogens is 191 g/mol. The molecule has 1 N–H and O–H groups in total. The van der Waals surface area contributed by atoms with Gasteiger partial charge in [-0.25, -0.2) is 4.39 Å². The number of alkyl halides is 1. The number of pyridine rings is 1. The van der Waals surface area contributed by atoms with Gasteiger partial charge in [0.1, 0.15) is 5.67 Å². The minimum Gasteiger partial charge on any atom is -0.316 e. The molecule has 1 saturated heterocycles. The highest BCUT2D eigenvalue weighted by molar-refractivity contribution is 5.16. The number of rotatable bonds is 2. The largest absolute Gasteiger partial charge is 0.316 e. The van der Waals surface area contributed by atoms with Gasteiger partial charge in [0.25, 0.3) is 0 Å². The van der Waals surface area contributed by atoms with Gasteiger partial charge in [-0.3, -0.25) is 4.98 Å². The molecule has 0 aromatic carbocycles. The van der Waals surface area contributed by atoms with E-state index in [1.54, 1.807) is 6.20 Å². The molecule has 2 nitrogen and oxygen atoms in total. The molecule has 0 amide bonds. The standard InChI is InChI=1S/C12H17FN2/c1-10-2-3-11(9-15-10)8-12(13)4-6-14-7-5-12/h2-3,9,14H,4-8H2,1H3. The molecule has 1 fully saturated rings. The summed E-state index contributed by atoms with van der Waals surface area (Å²) in [6.07, 6.45) is 3.52. The highest BCUT2D eigenvalue weighted by atomic mass is 19.1. The first-order valence-corrected chi connectivity index (χ1v) is 5.49. The molecule has 0 spiro atoms. The third-order valence-corrected chi connectivity index (χ3v) is 2.99. The fourth-order valence-corrected chi connectivity index (χ4v) is 2.02. The number of halogens is 1. The number of aromatic nitrogens is 1. The van der Waals surface area contributed by atoms with Crippen LogP contribution < -0.4 is 5.32 Å². The van der Waals surface area contributed by atoms with Crippen molar-refractivity contribution in [2.75, 3.05) is 13.1 Å². The van der Waals surface area contributed by atoms with Crippen molar-refractivity contribution in [3.8, 4) is 0 Å². The van der Waals surface area contributed by atoms with E-state index in [4.69, 9.17) is 0 Å². The smallest absolute Gasteiger partial charge is 0.117 e. The SMILES string of the molecule is Cc1ccc(CC2(F)CCNCC2)cn1. The zero-order valence-electron chi connectivity index (χ0n) is 9.09. The van der Waals surface area contributed by atoms with Crippen molar-refractivity contribution < 1.29 is 4.39 Å². The summed E-state index contributed by atoms with van der Waals surface area (Å²) in [6, 6.07) is 3.92. The van der Waals surface area contributed by atoms with Crippen molar-refractivity contribution in [3.05, 3.63) is 29.6 Å². The second-order valence-electron chi connectivity index (χ2n) is 4.39. The average Bonchev–Trinajstić information content (AvgIpc) is 2.22. The molecule has 1 aliphatic heterocycles. The number of hydrogen-bond donors (Lipinski definition) is 1. The lowest BCUT2D eigenvalue weighted by Crippen LogP contribution is -2.40. The number of nitrogens with one attached hydrogen (secondary N) is 1. The Bertz CT molecular complexity index is 315. The Morgan fingerprint density at radius 1 is 1.40 bits per heavy atom. The van der Waals surface area contributed by atoms with Crippen LogP contribution in [0.3, 0.4) is 0 Å². The fraction of sp³-hybridized carbons (Fsp3) is 0.583. The monoisotopic (exact) mass is 208 g/mol.